The Morgan fingerprint density at radius 3 is 2.86 bits per heavy atom. The van der Waals surface area contributed by atoms with E-state index in [1.807, 2.05) is 18.2 Å². The van der Waals surface area contributed by atoms with Gasteiger partial charge in [-0.2, -0.15) is 0 Å². The zero-order valence-electron chi connectivity index (χ0n) is 12.8. The summed E-state index contributed by atoms with van der Waals surface area (Å²) in [5.41, 5.74) is 2.05. The van der Waals surface area contributed by atoms with Gasteiger partial charge in [-0.25, -0.2) is 4.98 Å². The van der Waals surface area contributed by atoms with Gasteiger partial charge in [-0.05, 0) is 18.6 Å². The Morgan fingerprint density at radius 1 is 1.29 bits per heavy atom. The number of imidazole rings is 1. The van der Waals surface area contributed by atoms with Crippen LogP contribution in [0.25, 0.3) is 11.0 Å². The molecule has 0 saturated heterocycles. The van der Waals surface area contributed by atoms with Crippen molar-refractivity contribution >= 4 is 22.6 Å². The van der Waals surface area contributed by atoms with E-state index in [9.17, 15) is 0 Å². The van der Waals surface area contributed by atoms with Gasteiger partial charge in [-0.1, -0.05) is 13.3 Å². The quantitative estimate of drug-likeness (QED) is 0.524. The van der Waals surface area contributed by atoms with E-state index >= 15 is 0 Å². The fraction of sp³-hybridized carbons (Fsp3) is 0.562. The number of alkyl halides is 1. The summed E-state index contributed by atoms with van der Waals surface area (Å²) in [4.78, 5) is 4.67. The normalized spacial score (nSPS) is 11.2. The van der Waals surface area contributed by atoms with E-state index in [1.54, 1.807) is 7.11 Å². The zero-order valence-corrected chi connectivity index (χ0v) is 13.5. The summed E-state index contributed by atoms with van der Waals surface area (Å²) in [6.45, 7) is 4.49. The van der Waals surface area contributed by atoms with Crippen LogP contribution in [0.3, 0.4) is 0 Å². The lowest BCUT2D eigenvalue weighted by Crippen LogP contribution is -2.10. The van der Waals surface area contributed by atoms with E-state index < -0.39 is 0 Å². The second-order valence-electron chi connectivity index (χ2n) is 4.94. The number of hydrogen-bond donors (Lipinski definition) is 0. The molecule has 0 aliphatic rings. The van der Waals surface area contributed by atoms with Crippen molar-refractivity contribution in [2.24, 2.45) is 0 Å². The molecule has 0 N–H and O–H groups in total. The number of benzene rings is 1. The van der Waals surface area contributed by atoms with Gasteiger partial charge in [0.15, 0.2) is 0 Å². The van der Waals surface area contributed by atoms with Gasteiger partial charge in [0.25, 0.3) is 0 Å². The van der Waals surface area contributed by atoms with Gasteiger partial charge >= 0.3 is 0 Å². The minimum Gasteiger partial charge on any atom is -0.497 e. The van der Waals surface area contributed by atoms with Gasteiger partial charge in [-0.15, -0.1) is 11.6 Å². The molecule has 0 fully saturated rings. The predicted octanol–water partition coefficient (Wildman–Crippen LogP) is 3.64. The molecule has 0 amide bonds. The van der Waals surface area contributed by atoms with Crippen LogP contribution in [-0.4, -0.2) is 35.8 Å². The van der Waals surface area contributed by atoms with E-state index in [0.717, 1.165) is 55.0 Å². The van der Waals surface area contributed by atoms with Crippen LogP contribution < -0.4 is 4.74 Å². The predicted molar refractivity (Wildman–Crippen MR) is 86.4 cm³/mol. The highest BCUT2D eigenvalue weighted by Gasteiger charge is 2.11. The van der Waals surface area contributed by atoms with Gasteiger partial charge in [0.1, 0.15) is 11.6 Å². The minimum atomic E-state index is 0.567. The number of rotatable bonds is 9. The largest absolute Gasteiger partial charge is 0.497 e. The molecule has 0 atom stereocenters. The third kappa shape index (κ3) is 4.11. The summed E-state index contributed by atoms with van der Waals surface area (Å²) in [7, 11) is 1.67. The Bertz CT molecular complexity index is 569. The van der Waals surface area contributed by atoms with Crippen molar-refractivity contribution < 1.29 is 9.47 Å². The molecule has 0 aliphatic carbocycles. The van der Waals surface area contributed by atoms with Crippen LogP contribution in [0.1, 0.15) is 25.6 Å². The van der Waals surface area contributed by atoms with Gasteiger partial charge in [0.2, 0.25) is 0 Å². The molecule has 2 aromatic rings. The van der Waals surface area contributed by atoms with Crippen LogP contribution in [0.5, 0.6) is 5.75 Å². The lowest BCUT2D eigenvalue weighted by molar-refractivity contribution is 0.123. The van der Waals surface area contributed by atoms with Crippen molar-refractivity contribution in [3.63, 3.8) is 0 Å². The molecule has 0 bridgehead atoms. The lowest BCUT2D eigenvalue weighted by Gasteiger charge is -2.09. The molecule has 5 heteroatoms. The average Bonchev–Trinajstić information content (AvgIpc) is 2.84. The summed E-state index contributed by atoms with van der Waals surface area (Å²) >= 11 is 5.89. The third-order valence-corrected chi connectivity index (χ3v) is 3.64. The first-order valence-electron chi connectivity index (χ1n) is 7.47. The maximum Gasteiger partial charge on any atom is 0.121 e. The summed E-state index contributed by atoms with van der Waals surface area (Å²) < 4.78 is 13.1. The molecule has 4 nitrogen and oxygen atoms in total. The second-order valence-corrected chi connectivity index (χ2v) is 5.32. The van der Waals surface area contributed by atoms with E-state index in [-0.39, 0.29) is 0 Å². The van der Waals surface area contributed by atoms with Gasteiger partial charge in [0, 0.05) is 31.5 Å². The molecule has 1 heterocycles. The maximum atomic E-state index is 5.89. The average molecular weight is 311 g/mol. The van der Waals surface area contributed by atoms with E-state index in [1.165, 1.54) is 0 Å². The fourth-order valence-corrected chi connectivity index (χ4v) is 2.48. The summed E-state index contributed by atoms with van der Waals surface area (Å²) in [5.74, 6) is 2.40. The molecule has 0 aliphatic heterocycles. The van der Waals surface area contributed by atoms with Crippen molar-refractivity contribution in [3.05, 3.63) is 24.0 Å². The first-order valence-corrected chi connectivity index (χ1v) is 8.00. The highest BCUT2D eigenvalue weighted by molar-refractivity contribution is 6.17. The van der Waals surface area contributed by atoms with Crippen molar-refractivity contribution in [3.8, 4) is 5.75 Å². The van der Waals surface area contributed by atoms with Crippen molar-refractivity contribution in [1.29, 1.82) is 0 Å². The summed E-state index contributed by atoms with van der Waals surface area (Å²) in [6, 6.07) is 5.97. The Kier molecular flexibility index (Phi) is 6.33. The lowest BCUT2D eigenvalue weighted by atomic mass is 10.3. The number of nitrogens with zero attached hydrogens (tertiary/aromatic N) is 2. The Hall–Kier alpha value is -1.26. The van der Waals surface area contributed by atoms with Crippen molar-refractivity contribution in [2.75, 3.05) is 26.2 Å². The highest BCUT2D eigenvalue weighted by atomic mass is 35.5. The smallest absolute Gasteiger partial charge is 0.121 e. The monoisotopic (exact) mass is 310 g/mol. The van der Waals surface area contributed by atoms with Crippen molar-refractivity contribution in [1.82, 2.24) is 9.55 Å². The number of ether oxygens (including phenoxy) is 2. The Morgan fingerprint density at radius 2 is 2.14 bits per heavy atom. The number of fused-ring (bicyclic) bond motifs is 1. The van der Waals surface area contributed by atoms with Crippen molar-refractivity contribution in [2.45, 2.75) is 32.7 Å². The first kappa shape index (κ1) is 16.1. The van der Waals surface area contributed by atoms with Crippen LogP contribution in [0.2, 0.25) is 0 Å². The molecule has 0 saturated carbocycles. The Labute approximate surface area is 131 Å². The third-order valence-electron chi connectivity index (χ3n) is 3.45. The van der Waals surface area contributed by atoms with E-state index in [0.29, 0.717) is 12.5 Å². The number of hydrogen-bond acceptors (Lipinski definition) is 3. The molecule has 0 spiro atoms. The first-order chi connectivity index (χ1) is 10.3. The van der Waals surface area contributed by atoms with Gasteiger partial charge in [-0.3, -0.25) is 0 Å². The Balaban J connectivity index is 2.16. The topological polar surface area (TPSA) is 36.3 Å². The minimum absolute atomic E-state index is 0.567. The summed E-state index contributed by atoms with van der Waals surface area (Å²) in [6.07, 6.45) is 3.02. The molecule has 1 aromatic carbocycles. The van der Waals surface area contributed by atoms with Crippen LogP contribution in [0.4, 0.5) is 0 Å². The molecular weight excluding hydrogens is 288 g/mol. The van der Waals surface area contributed by atoms with Gasteiger partial charge < -0.3 is 14.0 Å². The molecule has 116 valence electrons. The van der Waals surface area contributed by atoms with Crippen LogP contribution in [-0.2, 0) is 17.7 Å². The van der Waals surface area contributed by atoms with Crippen LogP contribution >= 0.6 is 11.6 Å². The molecule has 2 rings (SSSR count). The molecule has 0 radical (unpaired) electrons. The molecule has 0 unspecified atom stereocenters. The fourth-order valence-electron chi connectivity index (χ4n) is 2.32. The molecule has 1 aromatic heterocycles. The number of methoxy groups -OCH3 is 1. The maximum absolute atomic E-state index is 5.89. The van der Waals surface area contributed by atoms with Crippen LogP contribution in [0, 0.1) is 0 Å². The second kappa shape index (κ2) is 8.25. The number of aryl methyl sites for hydroxylation is 1. The van der Waals surface area contributed by atoms with E-state index in [4.69, 9.17) is 21.1 Å². The number of aromatic nitrogens is 2. The zero-order chi connectivity index (χ0) is 15.1. The van der Waals surface area contributed by atoms with Crippen LogP contribution in [0.15, 0.2) is 18.2 Å². The van der Waals surface area contributed by atoms with Gasteiger partial charge in [0.05, 0.1) is 24.8 Å². The number of halogens is 1. The molecular formula is C16H23ClN2O2. The number of unbranched alkanes of at least 4 members (excludes halogenated alkanes) is 1. The highest BCUT2D eigenvalue weighted by Crippen LogP contribution is 2.22. The molecule has 21 heavy (non-hydrogen) atoms. The summed E-state index contributed by atoms with van der Waals surface area (Å²) in [5, 5.41) is 0. The standard InChI is InChI=1S/C16H23ClN2O2/c1-3-4-10-21-11-9-19-15-6-5-13(20-2)12-14(15)18-16(19)7-8-17/h5-6,12H,3-4,7-11H2,1-2H3. The van der Waals surface area contributed by atoms with E-state index in [2.05, 4.69) is 16.5 Å². The SMILES string of the molecule is CCCCOCCn1c(CCCl)nc2cc(OC)ccc21.